The van der Waals surface area contributed by atoms with Gasteiger partial charge < -0.3 is 16.4 Å². The summed E-state index contributed by atoms with van der Waals surface area (Å²) in [6.45, 7) is 4.44. The van der Waals surface area contributed by atoms with Crippen molar-refractivity contribution in [1.82, 2.24) is 10.3 Å². The maximum absolute atomic E-state index is 11.3. The predicted molar refractivity (Wildman–Crippen MR) is 65.0 cm³/mol. The van der Waals surface area contributed by atoms with E-state index in [0.717, 1.165) is 5.82 Å². The minimum absolute atomic E-state index is 0.0398. The zero-order valence-corrected chi connectivity index (χ0v) is 9.66. The molecule has 1 rings (SSSR count). The Morgan fingerprint density at radius 3 is 2.81 bits per heavy atom. The van der Waals surface area contributed by atoms with Crippen molar-refractivity contribution < 1.29 is 4.79 Å². The molecule has 4 N–H and O–H groups in total. The van der Waals surface area contributed by atoms with Crippen LogP contribution in [0.25, 0.3) is 0 Å². The molecule has 0 saturated heterocycles. The van der Waals surface area contributed by atoms with Gasteiger partial charge in [-0.15, -0.1) is 0 Å². The highest BCUT2D eigenvalue weighted by molar-refractivity contribution is 5.76. The number of nitrogens with one attached hydrogen (secondary N) is 2. The average Bonchev–Trinajstić information content (AvgIpc) is 2.20. The van der Waals surface area contributed by atoms with Gasteiger partial charge in [0.1, 0.15) is 5.82 Å². The highest BCUT2D eigenvalue weighted by Gasteiger charge is 2.02. The van der Waals surface area contributed by atoms with Crippen LogP contribution in [-0.4, -0.2) is 23.5 Å². The van der Waals surface area contributed by atoms with E-state index in [9.17, 15) is 4.79 Å². The van der Waals surface area contributed by atoms with Crippen LogP contribution >= 0.6 is 0 Å². The molecule has 1 amide bonds. The summed E-state index contributed by atoms with van der Waals surface area (Å²) in [6, 6.07) is 3.74. The summed E-state index contributed by atoms with van der Waals surface area (Å²) in [5.41, 5.74) is 6.13. The van der Waals surface area contributed by atoms with Crippen molar-refractivity contribution in [3.05, 3.63) is 18.3 Å². The highest BCUT2D eigenvalue weighted by Crippen LogP contribution is 2.05. The molecule has 0 fully saturated rings. The highest BCUT2D eigenvalue weighted by atomic mass is 16.1. The lowest BCUT2D eigenvalue weighted by Crippen LogP contribution is -2.31. The van der Waals surface area contributed by atoms with Gasteiger partial charge in [-0.05, 0) is 26.0 Å². The number of amides is 1. The molecule has 0 saturated carbocycles. The van der Waals surface area contributed by atoms with Gasteiger partial charge in [-0.25, -0.2) is 4.98 Å². The number of pyridine rings is 1. The van der Waals surface area contributed by atoms with Gasteiger partial charge in [0.2, 0.25) is 5.91 Å². The van der Waals surface area contributed by atoms with Crippen LogP contribution < -0.4 is 16.4 Å². The van der Waals surface area contributed by atoms with Gasteiger partial charge in [-0.2, -0.15) is 0 Å². The third-order valence-electron chi connectivity index (χ3n) is 1.89. The molecular weight excluding hydrogens is 204 g/mol. The van der Waals surface area contributed by atoms with Crippen molar-refractivity contribution in [2.75, 3.05) is 17.6 Å². The summed E-state index contributed by atoms with van der Waals surface area (Å²) in [5, 5.41) is 5.87. The summed E-state index contributed by atoms with van der Waals surface area (Å²) in [6.07, 6.45) is 2.01. The molecule has 0 aliphatic carbocycles. The van der Waals surface area contributed by atoms with Gasteiger partial charge in [-0.1, -0.05) is 0 Å². The molecule has 1 aromatic heterocycles. The van der Waals surface area contributed by atoms with Crippen molar-refractivity contribution in [3.8, 4) is 0 Å². The van der Waals surface area contributed by atoms with Crippen molar-refractivity contribution in [2.24, 2.45) is 0 Å². The van der Waals surface area contributed by atoms with Crippen molar-refractivity contribution in [2.45, 2.75) is 26.3 Å². The molecule has 0 aromatic carbocycles. The lowest BCUT2D eigenvalue weighted by molar-refractivity contribution is -0.121. The number of nitrogens with zero attached hydrogens (tertiary/aromatic N) is 1. The van der Waals surface area contributed by atoms with Crippen molar-refractivity contribution >= 4 is 17.4 Å². The first-order valence-electron chi connectivity index (χ1n) is 5.32. The molecular formula is C11H18N4O. The second-order valence-electron chi connectivity index (χ2n) is 3.88. The van der Waals surface area contributed by atoms with E-state index in [4.69, 9.17) is 5.73 Å². The third kappa shape index (κ3) is 4.63. The largest absolute Gasteiger partial charge is 0.397 e. The van der Waals surface area contributed by atoms with Crippen LogP contribution in [0.5, 0.6) is 0 Å². The first-order valence-corrected chi connectivity index (χ1v) is 5.32. The first kappa shape index (κ1) is 12.3. The molecule has 0 radical (unpaired) electrons. The molecule has 0 unspecified atom stereocenters. The normalized spacial score (nSPS) is 10.2. The standard InChI is InChI=1S/C11H18N4O/c1-8(2)15-11(16)5-6-13-10-4-3-9(12)7-14-10/h3-4,7-8H,5-6,12H2,1-2H3,(H,13,14)(H,15,16). The summed E-state index contributed by atoms with van der Waals surface area (Å²) in [5.74, 6) is 0.768. The van der Waals surface area contributed by atoms with Crippen LogP contribution in [0.2, 0.25) is 0 Å². The van der Waals surface area contributed by atoms with E-state index in [-0.39, 0.29) is 11.9 Å². The summed E-state index contributed by atoms with van der Waals surface area (Å²) < 4.78 is 0. The van der Waals surface area contributed by atoms with Gasteiger partial charge in [0.05, 0.1) is 11.9 Å². The number of anilines is 2. The number of carbonyl (C=O) groups excluding carboxylic acids is 1. The van der Waals surface area contributed by atoms with Gasteiger partial charge in [0.15, 0.2) is 0 Å². The molecule has 1 aromatic rings. The Hall–Kier alpha value is -1.78. The van der Waals surface area contributed by atoms with Crippen molar-refractivity contribution in [1.29, 1.82) is 0 Å². The SMILES string of the molecule is CC(C)NC(=O)CCNc1ccc(N)cn1. The second-order valence-corrected chi connectivity index (χ2v) is 3.88. The maximum atomic E-state index is 11.3. The number of carbonyl (C=O) groups is 1. The fourth-order valence-corrected chi connectivity index (χ4v) is 1.21. The Morgan fingerprint density at radius 1 is 1.50 bits per heavy atom. The van der Waals surface area contributed by atoms with Crippen LogP contribution in [-0.2, 0) is 4.79 Å². The Balaban J connectivity index is 2.25. The summed E-state index contributed by atoms with van der Waals surface area (Å²) in [4.78, 5) is 15.4. The Bertz CT molecular complexity index is 334. The smallest absolute Gasteiger partial charge is 0.221 e. The number of nitrogen functional groups attached to an aromatic ring is 1. The summed E-state index contributed by atoms with van der Waals surface area (Å²) >= 11 is 0. The van der Waals surface area contributed by atoms with Crippen LogP contribution in [0, 0.1) is 0 Å². The molecule has 0 atom stereocenters. The molecule has 0 aliphatic rings. The minimum atomic E-state index is 0.0398. The van der Waals surface area contributed by atoms with Crippen LogP contribution in [0.15, 0.2) is 18.3 Å². The third-order valence-corrected chi connectivity index (χ3v) is 1.89. The number of nitrogens with two attached hydrogens (primary N) is 1. The average molecular weight is 222 g/mol. The lowest BCUT2D eigenvalue weighted by Gasteiger charge is -2.09. The van der Waals surface area contributed by atoms with E-state index in [1.807, 2.05) is 13.8 Å². The molecule has 1 heterocycles. The van der Waals surface area contributed by atoms with Crippen LogP contribution in [0.4, 0.5) is 11.5 Å². The predicted octanol–water partition coefficient (Wildman–Crippen LogP) is 0.990. The van der Waals surface area contributed by atoms with E-state index in [1.165, 1.54) is 0 Å². The molecule has 16 heavy (non-hydrogen) atoms. The van der Waals surface area contributed by atoms with Crippen molar-refractivity contribution in [3.63, 3.8) is 0 Å². The van der Waals surface area contributed by atoms with Gasteiger partial charge in [0, 0.05) is 19.0 Å². The summed E-state index contributed by atoms with van der Waals surface area (Å²) in [7, 11) is 0. The molecule has 5 nitrogen and oxygen atoms in total. The van der Waals surface area contributed by atoms with E-state index >= 15 is 0 Å². The van der Waals surface area contributed by atoms with E-state index in [1.54, 1.807) is 18.3 Å². The zero-order valence-electron chi connectivity index (χ0n) is 9.66. The molecule has 0 bridgehead atoms. The minimum Gasteiger partial charge on any atom is -0.397 e. The number of aromatic nitrogens is 1. The van der Waals surface area contributed by atoms with E-state index in [2.05, 4.69) is 15.6 Å². The monoisotopic (exact) mass is 222 g/mol. The number of hydrogen-bond acceptors (Lipinski definition) is 4. The number of rotatable bonds is 5. The van der Waals surface area contributed by atoms with Crippen LogP contribution in [0.1, 0.15) is 20.3 Å². The topological polar surface area (TPSA) is 80.0 Å². The molecule has 5 heteroatoms. The second kappa shape index (κ2) is 5.95. The quantitative estimate of drug-likeness (QED) is 0.694. The van der Waals surface area contributed by atoms with Gasteiger partial charge >= 0.3 is 0 Å². The Morgan fingerprint density at radius 2 is 2.25 bits per heavy atom. The fraction of sp³-hybridized carbons (Fsp3) is 0.455. The van der Waals surface area contributed by atoms with E-state index < -0.39 is 0 Å². The first-order chi connectivity index (χ1) is 7.58. The molecule has 0 aliphatic heterocycles. The molecule has 0 spiro atoms. The lowest BCUT2D eigenvalue weighted by atomic mass is 10.3. The molecule has 88 valence electrons. The zero-order chi connectivity index (χ0) is 12.0. The van der Waals surface area contributed by atoms with Gasteiger partial charge in [0.25, 0.3) is 0 Å². The maximum Gasteiger partial charge on any atom is 0.221 e. The van der Waals surface area contributed by atoms with E-state index in [0.29, 0.717) is 18.7 Å². The number of hydrogen-bond donors (Lipinski definition) is 3. The Labute approximate surface area is 95.4 Å². The van der Waals surface area contributed by atoms with Crippen LogP contribution in [0.3, 0.4) is 0 Å². The Kier molecular flexibility index (Phi) is 4.57. The fourth-order valence-electron chi connectivity index (χ4n) is 1.21. The van der Waals surface area contributed by atoms with Gasteiger partial charge in [-0.3, -0.25) is 4.79 Å².